The number of likely N-dealkylation sites (tertiary alicyclic amines) is 1. The predicted molar refractivity (Wildman–Crippen MR) is 176 cm³/mol. The number of aryl methyl sites for hydroxylation is 1. The number of halogens is 1. The Morgan fingerprint density at radius 3 is 2.30 bits per heavy atom. The minimum absolute atomic E-state index is 0.00883. The van der Waals surface area contributed by atoms with E-state index in [4.69, 9.17) is 23.8 Å². The number of carbonyl (C=O) groups is 1. The van der Waals surface area contributed by atoms with Crippen molar-refractivity contribution in [3.05, 3.63) is 142 Å². The highest BCUT2D eigenvalue weighted by Crippen LogP contribution is 2.38. The summed E-state index contributed by atoms with van der Waals surface area (Å²) in [5.74, 6) is -0.00883. The van der Waals surface area contributed by atoms with Gasteiger partial charge in [-0.15, -0.1) is 0 Å². The second kappa shape index (κ2) is 13.5. The van der Waals surface area contributed by atoms with Crippen molar-refractivity contribution < 1.29 is 13.2 Å². The fourth-order valence-corrected chi connectivity index (χ4v) is 6.57. The van der Waals surface area contributed by atoms with Gasteiger partial charge in [-0.3, -0.25) is 9.52 Å². The molecule has 1 aliphatic rings. The number of hydrogen-bond donors (Lipinski definition) is 2. The monoisotopic (exact) mass is 629 g/mol. The average molecular weight is 630 g/mol. The number of rotatable bonds is 9. The maximum atomic E-state index is 13.6. The molecule has 9 heteroatoms. The third-order valence-electron chi connectivity index (χ3n) is 7.44. The molecule has 1 fully saturated rings. The lowest BCUT2D eigenvalue weighted by Gasteiger charge is -2.25. The van der Waals surface area contributed by atoms with Gasteiger partial charge in [-0.25, -0.2) is 8.42 Å². The van der Waals surface area contributed by atoms with Gasteiger partial charge in [0.15, 0.2) is 5.11 Å². The number of hydrogen-bond acceptors (Lipinski definition) is 4. The molecular formula is C34H32ClN3O3S2. The van der Waals surface area contributed by atoms with E-state index in [0.29, 0.717) is 31.0 Å². The van der Waals surface area contributed by atoms with Gasteiger partial charge < -0.3 is 10.2 Å². The summed E-state index contributed by atoms with van der Waals surface area (Å²) >= 11 is 11.7. The van der Waals surface area contributed by atoms with E-state index in [1.54, 1.807) is 24.3 Å². The van der Waals surface area contributed by atoms with Crippen LogP contribution in [0.15, 0.2) is 114 Å². The third kappa shape index (κ3) is 7.70. The predicted octanol–water partition coefficient (Wildman–Crippen LogP) is 6.60. The van der Waals surface area contributed by atoms with Crippen LogP contribution in [0, 0.1) is 6.92 Å². The van der Waals surface area contributed by atoms with Crippen molar-refractivity contribution in [1.29, 1.82) is 0 Å². The minimum atomic E-state index is -3.85. The highest BCUT2D eigenvalue weighted by atomic mass is 35.5. The maximum Gasteiger partial charge on any atom is 0.263 e. The lowest BCUT2D eigenvalue weighted by Crippen LogP contribution is -2.38. The molecular weight excluding hydrogens is 598 g/mol. The molecule has 1 atom stereocenters. The second-order valence-corrected chi connectivity index (χ2v) is 13.0. The Balaban J connectivity index is 1.27. The lowest BCUT2D eigenvalue weighted by molar-refractivity contribution is -0.126. The number of nitrogens with one attached hydrogen (secondary N) is 2. The van der Waals surface area contributed by atoms with Crippen molar-refractivity contribution in [2.24, 2.45) is 0 Å². The van der Waals surface area contributed by atoms with Gasteiger partial charge in [0.2, 0.25) is 5.91 Å². The SMILES string of the molecule is Cc1ccc(C2C/C(=C\c3ccccc3)C(=O)N2CCc2ccc(S(=O)(=O)NC(=S)NCc3ccccc3)cc2)cc1Cl. The number of sulfonamides is 1. The summed E-state index contributed by atoms with van der Waals surface area (Å²) in [7, 11) is -3.85. The minimum Gasteiger partial charge on any atom is -0.358 e. The number of thiocarbonyl (C=S) groups is 1. The van der Waals surface area contributed by atoms with Crippen molar-refractivity contribution >= 4 is 50.9 Å². The fraction of sp³-hybridized carbons (Fsp3) is 0.176. The van der Waals surface area contributed by atoms with Crippen molar-refractivity contribution in [3.8, 4) is 0 Å². The molecule has 0 spiro atoms. The molecule has 0 bridgehead atoms. The van der Waals surface area contributed by atoms with E-state index in [0.717, 1.165) is 33.4 Å². The van der Waals surface area contributed by atoms with Crippen LogP contribution in [0.4, 0.5) is 0 Å². The summed E-state index contributed by atoms with van der Waals surface area (Å²) in [6, 6.07) is 31.9. The van der Waals surface area contributed by atoms with Crippen molar-refractivity contribution in [2.45, 2.75) is 37.2 Å². The number of nitrogens with zero attached hydrogens (tertiary/aromatic N) is 1. The molecule has 220 valence electrons. The maximum absolute atomic E-state index is 13.6. The first-order valence-electron chi connectivity index (χ1n) is 14.0. The average Bonchev–Trinajstić information content (AvgIpc) is 3.31. The Hall–Kier alpha value is -3.98. The Kier molecular flexibility index (Phi) is 9.60. The molecule has 1 amide bonds. The first-order valence-corrected chi connectivity index (χ1v) is 16.2. The molecule has 0 saturated carbocycles. The molecule has 1 heterocycles. The van der Waals surface area contributed by atoms with Crippen molar-refractivity contribution in [2.75, 3.05) is 6.54 Å². The van der Waals surface area contributed by atoms with E-state index in [2.05, 4.69) is 10.0 Å². The van der Waals surface area contributed by atoms with E-state index in [9.17, 15) is 13.2 Å². The number of amides is 1. The smallest absolute Gasteiger partial charge is 0.263 e. The van der Waals surface area contributed by atoms with Gasteiger partial charge >= 0.3 is 0 Å². The molecule has 4 aromatic rings. The molecule has 43 heavy (non-hydrogen) atoms. The van der Waals surface area contributed by atoms with Gasteiger partial charge in [-0.05, 0) is 77.7 Å². The summed E-state index contributed by atoms with van der Waals surface area (Å²) < 4.78 is 28.2. The zero-order valence-electron chi connectivity index (χ0n) is 23.7. The summed E-state index contributed by atoms with van der Waals surface area (Å²) in [6.45, 7) is 2.84. The normalized spacial score (nSPS) is 16.0. The van der Waals surface area contributed by atoms with E-state index < -0.39 is 10.0 Å². The largest absolute Gasteiger partial charge is 0.358 e. The molecule has 1 unspecified atom stereocenters. The molecule has 1 saturated heterocycles. The van der Waals surface area contributed by atoms with Crippen LogP contribution in [-0.4, -0.2) is 30.9 Å². The van der Waals surface area contributed by atoms with Crippen LogP contribution in [-0.2, 0) is 27.8 Å². The van der Waals surface area contributed by atoms with Crippen molar-refractivity contribution in [3.63, 3.8) is 0 Å². The molecule has 5 rings (SSSR count). The third-order valence-corrected chi connectivity index (χ3v) is 9.59. The first-order chi connectivity index (χ1) is 20.7. The number of carbonyl (C=O) groups excluding carboxylic acids is 1. The van der Waals surface area contributed by atoms with E-state index in [-0.39, 0.29) is 22.0 Å². The lowest BCUT2D eigenvalue weighted by atomic mass is 10.00. The van der Waals surface area contributed by atoms with E-state index in [1.165, 1.54) is 0 Å². The highest BCUT2D eigenvalue weighted by Gasteiger charge is 2.36. The molecule has 4 aromatic carbocycles. The van der Waals surface area contributed by atoms with Gasteiger partial charge in [0.25, 0.3) is 10.0 Å². The summed E-state index contributed by atoms with van der Waals surface area (Å²) in [6.07, 6.45) is 3.09. The Morgan fingerprint density at radius 1 is 0.953 bits per heavy atom. The van der Waals surface area contributed by atoms with Crippen LogP contribution in [0.5, 0.6) is 0 Å². The first kappa shape index (κ1) is 30.5. The van der Waals surface area contributed by atoms with Crippen LogP contribution in [0.1, 0.15) is 40.3 Å². The van der Waals surface area contributed by atoms with Crippen LogP contribution < -0.4 is 10.0 Å². The summed E-state index contributed by atoms with van der Waals surface area (Å²) in [5.41, 5.74) is 5.60. The molecule has 1 aliphatic heterocycles. The van der Waals surface area contributed by atoms with Gasteiger partial charge in [-0.1, -0.05) is 96.5 Å². The fourth-order valence-electron chi connectivity index (χ4n) is 5.05. The molecule has 0 aromatic heterocycles. The Bertz CT molecular complexity index is 1740. The van der Waals surface area contributed by atoms with Crippen LogP contribution in [0.3, 0.4) is 0 Å². The Morgan fingerprint density at radius 2 is 1.63 bits per heavy atom. The van der Waals surface area contributed by atoms with E-state index in [1.807, 2.05) is 96.8 Å². The highest BCUT2D eigenvalue weighted by molar-refractivity contribution is 7.91. The second-order valence-electron chi connectivity index (χ2n) is 10.5. The molecule has 6 nitrogen and oxygen atoms in total. The van der Waals surface area contributed by atoms with Gasteiger partial charge in [0, 0.05) is 30.1 Å². The van der Waals surface area contributed by atoms with Crippen LogP contribution >= 0.6 is 23.8 Å². The van der Waals surface area contributed by atoms with Crippen molar-refractivity contribution in [1.82, 2.24) is 14.9 Å². The van der Waals surface area contributed by atoms with Crippen LogP contribution in [0.25, 0.3) is 6.08 Å². The topological polar surface area (TPSA) is 78.5 Å². The standard InChI is InChI=1S/C34H32ClN3O3S2/c1-24-12-15-28(21-31(24)35)32-22-29(20-26-8-4-2-5-9-26)33(39)38(32)19-18-25-13-16-30(17-14-25)43(40,41)37-34(42)36-23-27-10-6-3-7-11-27/h2-17,20-21,32H,18-19,22-23H2,1H3,(H2,36,37,42)/b29-20+. The summed E-state index contributed by atoms with van der Waals surface area (Å²) in [5, 5.41) is 3.63. The zero-order chi connectivity index (χ0) is 30.4. The molecule has 0 aliphatic carbocycles. The van der Waals surface area contributed by atoms with E-state index >= 15 is 0 Å². The molecule has 0 radical (unpaired) electrons. The van der Waals surface area contributed by atoms with Crippen LogP contribution in [0.2, 0.25) is 5.02 Å². The zero-order valence-corrected chi connectivity index (χ0v) is 26.1. The molecule has 2 N–H and O–H groups in total. The quantitative estimate of drug-likeness (QED) is 0.161. The van der Waals surface area contributed by atoms with Gasteiger partial charge in [-0.2, -0.15) is 0 Å². The van der Waals surface area contributed by atoms with Gasteiger partial charge in [0.1, 0.15) is 0 Å². The number of benzene rings is 4. The Labute approximate surface area is 263 Å². The summed E-state index contributed by atoms with van der Waals surface area (Å²) in [4.78, 5) is 15.6. The van der Waals surface area contributed by atoms with Gasteiger partial charge in [0.05, 0.1) is 10.9 Å².